The Labute approximate surface area is 206 Å². The lowest BCUT2D eigenvalue weighted by molar-refractivity contribution is -0.121. The van der Waals surface area contributed by atoms with Gasteiger partial charge in [-0.1, -0.05) is 67.7 Å². The number of carbonyl (C=O) groups is 2. The van der Waals surface area contributed by atoms with Crippen LogP contribution in [0.5, 0.6) is 0 Å². The van der Waals surface area contributed by atoms with Gasteiger partial charge in [-0.3, -0.25) is 14.6 Å². The first-order valence-corrected chi connectivity index (χ1v) is 12.3. The van der Waals surface area contributed by atoms with E-state index in [2.05, 4.69) is 78.0 Å². The zero-order chi connectivity index (χ0) is 24.7. The molecule has 5 nitrogen and oxygen atoms in total. The van der Waals surface area contributed by atoms with Gasteiger partial charge in [-0.05, 0) is 57.1 Å². The van der Waals surface area contributed by atoms with Crippen LogP contribution in [0.2, 0.25) is 0 Å². The minimum absolute atomic E-state index is 0.0228. The maximum absolute atomic E-state index is 12.2. The minimum atomic E-state index is -0.0965. The summed E-state index contributed by atoms with van der Waals surface area (Å²) in [6.45, 7) is 3.06. The molecule has 1 heterocycles. The smallest absolute Gasteiger partial charge is 0.255 e. The molecular formula is C29H41N3O2. The second-order valence-corrected chi connectivity index (χ2v) is 7.92. The molecule has 2 amide bonds. The van der Waals surface area contributed by atoms with Crippen LogP contribution in [0.1, 0.15) is 68.6 Å². The fourth-order valence-corrected chi connectivity index (χ4v) is 3.01. The molecule has 1 aromatic heterocycles. The summed E-state index contributed by atoms with van der Waals surface area (Å²) in [5, 5.41) is 2.88. The maximum atomic E-state index is 12.2. The van der Waals surface area contributed by atoms with Crippen molar-refractivity contribution in [2.45, 2.75) is 58.3 Å². The highest BCUT2D eigenvalue weighted by atomic mass is 16.2. The first-order chi connectivity index (χ1) is 16.6. The van der Waals surface area contributed by atoms with Gasteiger partial charge in [-0.25, -0.2) is 0 Å². The highest BCUT2D eigenvalue weighted by Crippen LogP contribution is 2.02. The zero-order valence-corrected chi connectivity index (χ0v) is 20.9. The van der Waals surface area contributed by atoms with E-state index < -0.39 is 0 Å². The van der Waals surface area contributed by atoms with Crippen molar-refractivity contribution in [1.29, 1.82) is 0 Å². The van der Waals surface area contributed by atoms with Gasteiger partial charge >= 0.3 is 0 Å². The summed E-state index contributed by atoms with van der Waals surface area (Å²) in [7, 11) is 1.73. The molecule has 0 aliphatic rings. The van der Waals surface area contributed by atoms with E-state index in [1.165, 1.54) is 0 Å². The Kier molecular flexibility index (Phi) is 17.3. The van der Waals surface area contributed by atoms with Gasteiger partial charge in [0.05, 0.1) is 5.56 Å². The Hall–Kier alpha value is -3.21. The number of pyridine rings is 1. The largest absolute Gasteiger partial charge is 0.354 e. The lowest BCUT2D eigenvalue weighted by Crippen LogP contribution is -2.36. The number of hydrogen-bond donors (Lipinski definition) is 1. The summed E-state index contributed by atoms with van der Waals surface area (Å²) in [5.74, 6) is -0.0738. The molecule has 1 aromatic rings. The topological polar surface area (TPSA) is 62.3 Å². The molecule has 0 radical (unpaired) electrons. The first-order valence-electron chi connectivity index (χ1n) is 12.3. The molecule has 0 fully saturated rings. The van der Waals surface area contributed by atoms with Crippen molar-refractivity contribution in [3.05, 3.63) is 90.9 Å². The van der Waals surface area contributed by atoms with Crippen LogP contribution < -0.4 is 5.32 Å². The van der Waals surface area contributed by atoms with E-state index >= 15 is 0 Å². The Morgan fingerprint density at radius 3 is 2.06 bits per heavy atom. The molecule has 1 rings (SSSR count). The number of rotatable bonds is 17. The Balaban J connectivity index is 2.00. The second-order valence-electron chi connectivity index (χ2n) is 7.92. The molecule has 184 valence electrons. The average Bonchev–Trinajstić information content (AvgIpc) is 2.86. The first kappa shape index (κ1) is 28.8. The molecule has 0 atom stereocenters. The molecule has 0 saturated carbocycles. The van der Waals surface area contributed by atoms with Crippen LogP contribution in [0, 0.1) is 0 Å². The molecule has 34 heavy (non-hydrogen) atoms. The lowest BCUT2D eigenvalue weighted by Gasteiger charge is -2.17. The predicted octanol–water partition coefficient (Wildman–Crippen LogP) is 6.19. The van der Waals surface area contributed by atoms with Crippen molar-refractivity contribution < 1.29 is 9.59 Å². The van der Waals surface area contributed by atoms with E-state index in [-0.39, 0.29) is 11.8 Å². The number of nitrogens with zero attached hydrogens (tertiary/aromatic N) is 2. The number of allylic oxidation sites excluding steroid dienone is 10. The van der Waals surface area contributed by atoms with E-state index in [1.54, 1.807) is 36.5 Å². The standard InChI is InChI=1S/C29H41N3O2/c1-3-4-5-6-7-8-9-10-11-12-13-14-15-16-17-18-19-22-28(33)31-24-25-32(2)29(34)27-21-20-23-30-26-27/h4-5,7-8,10-11,13-14,16-17,20-21,23,26H,3,6,9,12,15,18-19,22,24-25H2,1-2H3,(H,31,33). The van der Waals surface area contributed by atoms with Crippen molar-refractivity contribution in [2.24, 2.45) is 0 Å². The number of aromatic nitrogens is 1. The van der Waals surface area contributed by atoms with Gasteiger partial charge in [0.15, 0.2) is 0 Å². The molecule has 1 N–H and O–H groups in total. The van der Waals surface area contributed by atoms with Gasteiger partial charge in [0.25, 0.3) is 5.91 Å². The van der Waals surface area contributed by atoms with Crippen LogP contribution in [-0.2, 0) is 4.79 Å². The molecule has 0 saturated heterocycles. The van der Waals surface area contributed by atoms with E-state index in [0.717, 1.165) is 44.9 Å². The van der Waals surface area contributed by atoms with Crippen LogP contribution in [-0.4, -0.2) is 41.8 Å². The molecule has 0 unspecified atom stereocenters. The third kappa shape index (κ3) is 15.6. The summed E-state index contributed by atoms with van der Waals surface area (Å²) in [4.78, 5) is 29.7. The van der Waals surface area contributed by atoms with Crippen LogP contribution in [0.4, 0.5) is 0 Å². The van der Waals surface area contributed by atoms with Gasteiger partial charge in [0.2, 0.25) is 5.91 Å². The van der Waals surface area contributed by atoms with Crippen molar-refractivity contribution >= 4 is 11.8 Å². The highest BCUT2D eigenvalue weighted by molar-refractivity contribution is 5.93. The number of likely N-dealkylation sites (N-methyl/N-ethyl adjacent to an activating group) is 1. The van der Waals surface area contributed by atoms with Gasteiger partial charge in [-0.15, -0.1) is 0 Å². The van der Waals surface area contributed by atoms with Crippen molar-refractivity contribution in [2.75, 3.05) is 20.1 Å². The molecule has 5 heteroatoms. The fourth-order valence-electron chi connectivity index (χ4n) is 3.01. The number of hydrogen-bond acceptors (Lipinski definition) is 3. The summed E-state index contributed by atoms with van der Waals surface area (Å²) in [5.41, 5.74) is 0.549. The normalized spacial score (nSPS) is 12.1. The van der Waals surface area contributed by atoms with Gasteiger partial charge in [0, 0.05) is 39.0 Å². The van der Waals surface area contributed by atoms with E-state index in [4.69, 9.17) is 0 Å². The van der Waals surface area contributed by atoms with Gasteiger partial charge in [0.1, 0.15) is 0 Å². The molecule has 0 aromatic carbocycles. The molecule has 0 aliphatic carbocycles. The van der Waals surface area contributed by atoms with Crippen LogP contribution in [0.15, 0.2) is 85.3 Å². The van der Waals surface area contributed by atoms with Crippen molar-refractivity contribution in [1.82, 2.24) is 15.2 Å². The van der Waals surface area contributed by atoms with Crippen molar-refractivity contribution in [3.63, 3.8) is 0 Å². The highest BCUT2D eigenvalue weighted by Gasteiger charge is 2.11. The number of unbranched alkanes of at least 4 members (excludes halogenated alkanes) is 1. The van der Waals surface area contributed by atoms with E-state index in [9.17, 15) is 9.59 Å². The lowest BCUT2D eigenvalue weighted by atomic mass is 10.2. The maximum Gasteiger partial charge on any atom is 0.255 e. The minimum Gasteiger partial charge on any atom is -0.354 e. The van der Waals surface area contributed by atoms with Crippen LogP contribution >= 0.6 is 0 Å². The molecule has 0 aliphatic heterocycles. The van der Waals surface area contributed by atoms with Crippen LogP contribution in [0.3, 0.4) is 0 Å². The Morgan fingerprint density at radius 2 is 1.50 bits per heavy atom. The molecular weight excluding hydrogens is 422 g/mol. The van der Waals surface area contributed by atoms with Gasteiger partial charge in [-0.2, -0.15) is 0 Å². The van der Waals surface area contributed by atoms with E-state index in [1.807, 2.05) is 0 Å². The van der Waals surface area contributed by atoms with Gasteiger partial charge < -0.3 is 10.2 Å². The third-order valence-corrected chi connectivity index (χ3v) is 4.96. The summed E-state index contributed by atoms with van der Waals surface area (Å²) in [6.07, 6.45) is 32.2. The number of nitrogens with one attached hydrogen (secondary N) is 1. The van der Waals surface area contributed by atoms with E-state index in [0.29, 0.717) is 25.1 Å². The van der Waals surface area contributed by atoms with Crippen LogP contribution in [0.25, 0.3) is 0 Å². The second kappa shape index (κ2) is 20.4. The predicted molar refractivity (Wildman–Crippen MR) is 143 cm³/mol. The fraction of sp³-hybridized carbons (Fsp3) is 0.414. The quantitative estimate of drug-likeness (QED) is 0.221. The summed E-state index contributed by atoms with van der Waals surface area (Å²) in [6, 6.07) is 3.47. The number of carbonyl (C=O) groups excluding carboxylic acids is 2. The third-order valence-electron chi connectivity index (χ3n) is 4.96. The summed E-state index contributed by atoms with van der Waals surface area (Å²) >= 11 is 0. The SMILES string of the molecule is CCC=CCC=CCC=CCC=CCC=CCCCC(=O)NCCN(C)C(=O)c1cccnc1. The molecule has 0 spiro atoms. The average molecular weight is 464 g/mol. The zero-order valence-electron chi connectivity index (χ0n) is 20.9. The summed E-state index contributed by atoms with van der Waals surface area (Å²) < 4.78 is 0. The monoisotopic (exact) mass is 463 g/mol. The Bertz CT molecular complexity index is 823. The van der Waals surface area contributed by atoms with Crippen molar-refractivity contribution in [3.8, 4) is 0 Å². The number of amides is 2. The Morgan fingerprint density at radius 1 is 0.912 bits per heavy atom. The molecule has 0 bridgehead atoms.